The van der Waals surface area contributed by atoms with E-state index in [0.717, 1.165) is 36.7 Å². The lowest BCUT2D eigenvalue weighted by atomic mass is 9.95. The Balaban J connectivity index is 1.67. The minimum absolute atomic E-state index is 0.0263. The number of fused-ring (bicyclic) bond motifs is 2. The van der Waals surface area contributed by atoms with Crippen LogP contribution < -0.4 is 14.8 Å². The van der Waals surface area contributed by atoms with Gasteiger partial charge in [-0.1, -0.05) is 19.3 Å². The minimum atomic E-state index is -4.68. The highest BCUT2D eigenvalue weighted by Crippen LogP contribution is 2.37. The Morgan fingerprint density at radius 2 is 1.79 bits per heavy atom. The van der Waals surface area contributed by atoms with Crippen molar-refractivity contribution in [3.63, 3.8) is 0 Å². The molecule has 9 heteroatoms. The molecule has 1 N–H and O–H groups in total. The molecule has 2 heterocycles. The number of nitrogens with zero attached hydrogens (tertiary/aromatic N) is 2. The van der Waals surface area contributed by atoms with Crippen LogP contribution in [0.2, 0.25) is 0 Å². The average molecular weight is 397 g/mol. The third-order valence-electron chi connectivity index (χ3n) is 5.14. The van der Waals surface area contributed by atoms with Crippen molar-refractivity contribution in [2.24, 2.45) is 0 Å². The van der Waals surface area contributed by atoms with Crippen molar-refractivity contribution in [2.75, 3.05) is 13.2 Å². The van der Waals surface area contributed by atoms with Gasteiger partial charge in [0.15, 0.2) is 11.5 Å². The Morgan fingerprint density at radius 1 is 1.11 bits per heavy atom. The highest BCUT2D eigenvalue weighted by Gasteiger charge is 2.38. The fraction of sp³-hybridized carbons (Fsp3) is 0.579. The first-order chi connectivity index (χ1) is 13.4. The fourth-order valence-electron chi connectivity index (χ4n) is 3.82. The predicted octanol–water partition coefficient (Wildman–Crippen LogP) is 3.67. The van der Waals surface area contributed by atoms with Crippen LogP contribution in [0, 0.1) is 0 Å². The molecular weight excluding hydrogens is 375 g/mol. The van der Waals surface area contributed by atoms with E-state index >= 15 is 0 Å². The van der Waals surface area contributed by atoms with Crippen molar-refractivity contribution < 1.29 is 27.4 Å². The molecule has 1 saturated carbocycles. The molecule has 0 saturated heterocycles. The van der Waals surface area contributed by atoms with Gasteiger partial charge < -0.3 is 19.4 Å². The Hall–Kier alpha value is -2.45. The van der Waals surface area contributed by atoms with Crippen LogP contribution >= 0.6 is 0 Å². The Morgan fingerprint density at radius 3 is 2.46 bits per heavy atom. The molecule has 0 spiro atoms. The largest absolute Gasteiger partial charge is 0.489 e. The molecule has 1 aliphatic carbocycles. The normalized spacial score (nSPS) is 18.1. The molecule has 0 unspecified atom stereocenters. The number of amides is 1. The number of hydrogen-bond acceptors (Lipinski definition) is 4. The minimum Gasteiger partial charge on any atom is -0.489 e. The summed E-state index contributed by atoms with van der Waals surface area (Å²) in [6.45, 7) is 0.400. The zero-order valence-electron chi connectivity index (χ0n) is 15.3. The maximum absolute atomic E-state index is 13.6. The summed E-state index contributed by atoms with van der Waals surface area (Å²) in [4.78, 5) is 16.2. The van der Waals surface area contributed by atoms with Crippen molar-refractivity contribution in [3.8, 4) is 11.5 Å². The molecule has 4 rings (SSSR count). The van der Waals surface area contributed by atoms with Crippen LogP contribution in [0.5, 0.6) is 11.5 Å². The first-order valence-electron chi connectivity index (χ1n) is 9.58. The molecule has 2 aromatic rings. The lowest BCUT2D eigenvalue weighted by Crippen LogP contribution is -2.38. The summed E-state index contributed by atoms with van der Waals surface area (Å²) in [6, 6.07) is 2.95. The first-order valence-corrected chi connectivity index (χ1v) is 9.58. The lowest BCUT2D eigenvalue weighted by Gasteiger charge is -2.23. The summed E-state index contributed by atoms with van der Waals surface area (Å²) >= 11 is 0. The molecule has 0 radical (unpaired) electrons. The van der Waals surface area contributed by atoms with E-state index < -0.39 is 24.5 Å². The second-order valence-electron chi connectivity index (χ2n) is 7.26. The van der Waals surface area contributed by atoms with E-state index in [1.807, 2.05) is 0 Å². The van der Waals surface area contributed by atoms with Crippen LogP contribution in [0.25, 0.3) is 11.0 Å². The quantitative estimate of drug-likeness (QED) is 0.859. The van der Waals surface area contributed by atoms with Gasteiger partial charge in [-0.3, -0.25) is 4.79 Å². The smallest absolute Gasteiger partial charge is 0.449 e. The van der Waals surface area contributed by atoms with Crippen molar-refractivity contribution in [1.82, 2.24) is 14.9 Å². The first kappa shape index (κ1) is 18.9. The molecule has 0 atom stereocenters. The Bertz CT molecular complexity index is 873. The number of rotatable bonds is 3. The second-order valence-corrected chi connectivity index (χ2v) is 7.26. The summed E-state index contributed by atoms with van der Waals surface area (Å²) in [5, 5.41) is 2.86. The van der Waals surface area contributed by atoms with Crippen molar-refractivity contribution in [3.05, 3.63) is 18.0 Å². The fourth-order valence-corrected chi connectivity index (χ4v) is 3.82. The number of halogens is 3. The molecular formula is C19H22F3N3O3. The molecule has 6 nitrogen and oxygen atoms in total. The number of hydrogen-bond donors (Lipinski definition) is 1. The van der Waals surface area contributed by atoms with Crippen LogP contribution in [0.15, 0.2) is 12.1 Å². The monoisotopic (exact) mass is 397 g/mol. The summed E-state index contributed by atoms with van der Waals surface area (Å²) < 4.78 is 52.7. The highest BCUT2D eigenvalue weighted by atomic mass is 19.4. The zero-order chi connectivity index (χ0) is 19.7. The topological polar surface area (TPSA) is 65.4 Å². The summed E-state index contributed by atoms with van der Waals surface area (Å²) in [5.41, 5.74) is 0.331. The number of carbonyl (C=O) groups is 1. The van der Waals surface area contributed by atoms with Gasteiger partial charge in [-0.05, 0) is 12.8 Å². The predicted molar refractivity (Wildman–Crippen MR) is 95.4 cm³/mol. The van der Waals surface area contributed by atoms with Crippen molar-refractivity contribution in [2.45, 2.75) is 57.3 Å². The summed E-state index contributed by atoms with van der Waals surface area (Å²) in [6.07, 6.45) is 0.909. The molecule has 0 bridgehead atoms. The van der Waals surface area contributed by atoms with E-state index in [4.69, 9.17) is 9.47 Å². The van der Waals surface area contributed by atoms with Gasteiger partial charge in [0.25, 0.3) is 0 Å². The number of alkyl halides is 3. The molecule has 1 aromatic carbocycles. The number of benzene rings is 1. The van der Waals surface area contributed by atoms with Gasteiger partial charge in [-0.15, -0.1) is 0 Å². The number of ether oxygens (including phenoxy) is 2. The molecule has 28 heavy (non-hydrogen) atoms. The highest BCUT2D eigenvalue weighted by molar-refractivity contribution is 5.84. The SMILES string of the molecule is O=C(Cn1c(C(F)(F)F)nc2cc3c(cc21)OCCCO3)NC1CCCCC1. The summed E-state index contributed by atoms with van der Waals surface area (Å²) in [7, 11) is 0. The molecule has 1 aliphatic heterocycles. The van der Waals surface area contributed by atoms with Gasteiger partial charge in [-0.25, -0.2) is 4.98 Å². The second kappa shape index (κ2) is 7.52. The van der Waals surface area contributed by atoms with Gasteiger partial charge in [0.05, 0.1) is 24.2 Å². The summed E-state index contributed by atoms with van der Waals surface area (Å²) in [5.74, 6) is -0.798. The lowest BCUT2D eigenvalue weighted by molar-refractivity contribution is -0.147. The third-order valence-corrected chi connectivity index (χ3v) is 5.14. The van der Waals surface area contributed by atoms with Crippen LogP contribution in [0.3, 0.4) is 0 Å². The van der Waals surface area contributed by atoms with E-state index in [9.17, 15) is 18.0 Å². The van der Waals surface area contributed by atoms with Gasteiger partial charge in [0.2, 0.25) is 11.7 Å². The number of imidazole rings is 1. The van der Waals surface area contributed by atoms with Crippen LogP contribution in [-0.4, -0.2) is 34.7 Å². The van der Waals surface area contributed by atoms with Crippen LogP contribution in [-0.2, 0) is 17.5 Å². The molecule has 1 fully saturated rings. The van der Waals surface area contributed by atoms with E-state index in [-0.39, 0.29) is 17.1 Å². The molecule has 1 aromatic heterocycles. The van der Waals surface area contributed by atoms with Gasteiger partial charge >= 0.3 is 6.18 Å². The number of nitrogens with one attached hydrogen (secondary N) is 1. The average Bonchev–Trinajstić information content (AvgIpc) is 2.84. The molecule has 1 amide bonds. The maximum atomic E-state index is 13.6. The maximum Gasteiger partial charge on any atom is 0.449 e. The van der Waals surface area contributed by atoms with E-state index in [1.54, 1.807) is 0 Å². The van der Waals surface area contributed by atoms with Crippen molar-refractivity contribution in [1.29, 1.82) is 0 Å². The molecule has 152 valence electrons. The Labute approximate surface area is 160 Å². The molecule has 2 aliphatic rings. The van der Waals surface area contributed by atoms with Crippen LogP contribution in [0.4, 0.5) is 13.2 Å². The third kappa shape index (κ3) is 3.88. The zero-order valence-corrected chi connectivity index (χ0v) is 15.3. The van der Waals surface area contributed by atoms with E-state index in [1.165, 1.54) is 12.1 Å². The van der Waals surface area contributed by atoms with Crippen molar-refractivity contribution >= 4 is 16.9 Å². The Kier molecular flexibility index (Phi) is 5.07. The number of aromatic nitrogens is 2. The van der Waals surface area contributed by atoms with Gasteiger partial charge in [-0.2, -0.15) is 13.2 Å². The van der Waals surface area contributed by atoms with Gasteiger partial charge in [0.1, 0.15) is 6.54 Å². The van der Waals surface area contributed by atoms with E-state index in [0.29, 0.717) is 31.1 Å². The number of carbonyl (C=O) groups excluding carboxylic acids is 1. The standard InChI is InChI=1S/C19H22F3N3O3/c20-19(21,22)18-24-13-9-15-16(28-8-4-7-27-15)10-14(13)25(18)11-17(26)23-12-5-2-1-3-6-12/h9-10,12H,1-8,11H2,(H,23,26). The van der Waals surface area contributed by atoms with E-state index in [2.05, 4.69) is 10.3 Å². The van der Waals surface area contributed by atoms with Crippen LogP contribution in [0.1, 0.15) is 44.3 Å². The van der Waals surface area contributed by atoms with Gasteiger partial charge in [0, 0.05) is 24.6 Å².